The second kappa shape index (κ2) is 11.2. The van der Waals surface area contributed by atoms with Gasteiger partial charge in [0.25, 0.3) is 0 Å². The van der Waals surface area contributed by atoms with E-state index in [9.17, 15) is 19.2 Å². The van der Waals surface area contributed by atoms with Crippen molar-refractivity contribution in [2.24, 2.45) is 11.1 Å². The highest BCUT2D eigenvalue weighted by Crippen LogP contribution is 2.51. The van der Waals surface area contributed by atoms with E-state index in [1.165, 1.54) is 47.4 Å². The van der Waals surface area contributed by atoms with Gasteiger partial charge in [-0.15, -0.1) is 10.2 Å². The van der Waals surface area contributed by atoms with Gasteiger partial charge in [-0.3, -0.25) is 14.5 Å². The Hall–Kier alpha value is -3.53. The SMILES string of the molecule is CC1(C)CC(=O)C2=C(C1)N(c1nnc(SCC(=O)Nc3ccc(F)cc3)s1)C(N)=C(C#N)C2c1ccccc1Br. The second-order valence-corrected chi connectivity index (χ2v) is 13.2. The summed E-state index contributed by atoms with van der Waals surface area (Å²) in [6.07, 6.45) is 0.899. The van der Waals surface area contributed by atoms with Gasteiger partial charge in [0.05, 0.1) is 23.3 Å². The lowest BCUT2D eigenvalue weighted by Crippen LogP contribution is -2.42. The maximum Gasteiger partial charge on any atom is 0.234 e. The van der Waals surface area contributed by atoms with Crippen molar-refractivity contribution < 1.29 is 14.0 Å². The molecule has 1 aliphatic carbocycles. The molecule has 1 aromatic heterocycles. The fraction of sp³-hybridized carbons (Fsp3) is 0.250. The predicted molar refractivity (Wildman–Crippen MR) is 157 cm³/mol. The Balaban J connectivity index is 1.47. The minimum atomic E-state index is -0.604. The summed E-state index contributed by atoms with van der Waals surface area (Å²) in [5, 5.41) is 21.9. The number of anilines is 2. The molecule has 5 rings (SSSR count). The summed E-state index contributed by atoms with van der Waals surface area (Å²) in [4.78, 5) is 27.8. The number of rotatable bonds is 6. The first-order valence-electron chi connectivity index (χ1n) is 12.3. The molecule has 204 valence electrons. The molecule has 1 atom stereocenters. The van der Waals surface area contributed by atoms with E-state index in [4.69, 9.17) is 5.73 Å². The number of Topliss-reactive ketones (excluding diaryl/α,β-unsaturated/α-hetero) is 1. The Morgan fingerprint density at radius 1 is 1.25 bits per heavy atom. The van der Waals surface area contributed by atoms with Crippen LogP contribution in [0, 0.1) is 22.6 Å². The molecule has 1 amide bonds. The zero-order valence-corrected chi connectivity index (χ0v) is 24.8. The number of ketones is 1. The molecule has 0 saturated carbocycles. The molecule has 0 radical (unpaired) electrons. The number of nitrogens with one attached hydrogen (secondary N) is 1. The van der Waals surface area contributed by atoms with Gasteiger partial charge in [0.1, 0.15) is 11.6 Å². The number of carbonyl (C=O) groups excluding carboxylic acids is 2. The molecule has 3 aromatic rings. The van der Waals surface area contributed by atoms with Crippen LogP contribution in [0.3, 0.4) is 0 Å². The van der Waals surface area contributed by atoms with Crippen LogP contribution >= 0.6 is 39.0 Å². The van der Waals surface area contributed by atoms with Crippen LogP contribution in [-0.4, -0.2) is 27.6 Å². The summed E-state index contributed by atoms with van der Waals surface area (Å²) >= 11 is 6.01. The number of carbonyl (C=O) groups is 2. The number of hydrogen-bond acceptors (Lipinski definition) is 9. The van der Waals surface area contributed by atoms with Crippen LogP contribution in [0.15, 0.2) is 80.0 Å². The molecule has 0 bridgehead atoms. The zero-order chi connectivity index (χ0) is 28.6. The third-order valence-electron chi connectivity index (χ3n) is 6.64. The maximum atomic E-state index is 13.7. The van der Waals surface area contributed by atoms with Gasteiger partial charge in [-0.25, -0.2) is 4.39 Å². The van der Waals surface area contributed by atoms with Crippen LogP contribution in [0.1, 0.15) is 38.2 Å². The lowest BCUT2D eigenvalue weighted by atomic mass is 9.69. The first kappa shape index (κ1) is 28.0. The van der Waals surface area contributed by atoms with Gasteiger partial charge in [-0.2, -0.15) is 5.26 Å². The first-order chi connectivity index (χ1) is 19.1. The predicted octanol–water partition coefficient (Wildman–Crippen LogP) is 6.11. The number of benzene rings is 2. The van der Waals surface area contributed by atoms with Crippen molar-refractivity contribution in [1.82, 2.24) is 10.2 Å². The summed E-state index contributed by atoms with van der Waals surface area (Å²) in [5.41, 5.74) is 9.15. The highest BCUT2D eigenvalue weighted by Gasteiger charge is 2.45. The number of hydrogen-bond donors (Lipinski definition) is 2. The van der Waals surface area contributed by atoms with Gasteiger partial charge in [-0.1, -0.05) is 71.1 Å². The topological polar surface area (TPSA) is 125 Å². The average molecular weight is 640 g/mol. The standard InChI is InChI=1S/C28H24BrFN6O2S2/c1-28(2)11-20-24(21(37)12-28)23(17-5-3-4-6-19(17)29)18(13-31)25(32)36(20)26-34-35-27(40-26)39-14-22(38)33-16-9-7-15(30)8-10-16/h3-10,23H,11-12,14,32H2,1-2H3,(H,33,38). The molecule has 2 aliphatic rings. The summed E-state index contributed by atoms with van der Waals surface area (Å²) in [7, 11) is 0. The molecule has 2 aromatic carbocycles. The minimum absolute atomic E-state index is 0.0335. The smallest absolute Gasteiger partial charge is 0.234 e. The van der Waals surface area contributed by atoms with Crippen LogP contribution in [-0.2, 0) is 9.59 Å². The van der Waals surface area contributed by atoms with Crippen molar-refractivity contribution in [3.8, 4) is 6.07 Å². The van der Waals surface area contributed by atoms with E-state index in [2.05, 4.69) is 37.5 Å². The van der Waals surface area contributed by atoms with Crippen LogP contribution in [0.5, 0.6) is 0 Å². The second-order valence-electron chi connectivity index (χ2n) is 10.2. The molecule has 8 nitrogen and oxygen atoms in total. The monoisotopic (exact) mass is 638 g/mol. The van der Waals surface area contributed by atoms with Crippen LogP contribution in [0.2, 0.25) is 0 Å². The van der Waals surface area contributed by atoms with E-state index >= 15 is 0 Å². The van der Waals surface area contributed by atoms with Gasteiger partial charge in [0.2, 0.25) is 11.0 Å². The highest BCUT2D eigenvalue weighted by molar-refractivity contribution is 9.10. The Morgan fingerprint density at radius 2 is 1.98 bits per heavy atom. The number of halogens is 2. The Kier molecular flexibility index (Phi) is 7.81. The van der Waals surface area contributed by atoms with Crippen LogP contribution < -0.4 is 16.0 Å². The minimum Gasteiger partial charge on any atom is -0.384 e. The van der Waals surface area contributed by atoms with E-state index in [1.807, 2.05) is 38.1 Å². The largest absolute Gasteiger partial charge is 0.384 e. The molecule has 2 heterocycles. The number of nitrogens with two attached hydrogens (primary N) is 1. The molecule has 1 aliphatic heterocycles. The zero-order valence-electron chi connectivity index (χ0n) is 21.6. The molecule has 12 heteroatoms. The van der Waals surface area contributed by atoms with Crippen LogP contribution in [0.25, 0.3) is 0 Å². The van der Waals surface area contributed by atoms with Gasteiger partial charge in [-0.05, 0) is 47.7 Å². The molecule has 1 unspecified atom stereocenters. The molecular weight excluding hydrogens is 615 g/mol. The Bertz CT molecular complexity index is 1610. The molecule has 0 saturated heterocycles. The third-order valence-corrected chi connectivity index (χ3v) is 9.40. The number of amides is 1. The normalized spacial score (nSPS) is 18.4. The lowest BCUT2D eigenvalue weighted by Gasteiger charge is -2.42. The maximum absolute atomic E-state index is 13.7. The number of thioether (sulfide) groups is 1. The number of allylic oxidation sites excluding steroid dienone is 3. The van der Waals surface area contributed by atoms with E-state index in [0.29, 0.717) is 39.3 Å². The lowest BCUT2D eigenvalue weighted by molar-refractivity contribution is -0.118. The first-order valence-corrected chi connectivity index (χ1v) is 14.9. The van der Waals surface area contributed by atoms with Crippen molar-refractivity contribution in [3.63, 3.8) is 0 Å². The number of aromatic nitrogens is 2. The molecule has 0 fully saturated rings. The van der Waals surface area contributed by atoms with Crippen molar-refractivity contribution in [1.29, 1.82) is 5.26 Å². The van der Waals surface area contributed by atoms with Gasteiger partial charge >= 0.3 is 0 Å². The van der Waals surface area contributed by atoms with Crippen molar-refractivity contribution in [2.45, 2.75) is 36.9 Å². The van der Waals surface area contributed by atoms with Crippen molar-refractivity contribution in [3.05, 3.63) is 87.0 Å². The quantitative estimate of drug-likeness (QED) is 0.310. The highest BCUT2D eigenvalue weighted by atomic mass is 79.9. The fourth-order valence-electron chi connectivity index (χ4n) is 4.96. The van der Waals surface area contributed by atoms with Crippen molar-refractivity contribution >= 4 is 61.5 Å². The average Bonchev–Trinajstić information content (AvgIpc) is 3.36. The summed E-state index contributed by atoms with van der Waals surface area (Å²) in [6.45, 7) is 4.06. The van der Waals surface area contributed by atoms with E-state index in [-0.39, 0.29) is 40.1 Å². The van der Waals surface area contributed by atoms with Gasteiger partial charge in [0, 0.05) is 27.9 Å². The Morgan fingerprint density at radius 3 is 2.67 bits per heavy atom. The van der Waals surface area contributed by atoms with Crippen molar-refractivity contribution in [2.75, 3.05) is 16.0 Å². The fourth-order valence-corrected chi connectivity index (χ4v) is 7.15. The van der Waals surface area contributed by atoms with Gasteiger partial charge < -0.3 is 11.1 Å². The Labute approximate surface area is 247 Å². The van der Waals surface area contributed by atoms with E-state index < -0.39 is 5.92 Å². The number of nitriles is 1. The summed E-state index contributed by atoms with van der Waals surface area (Å²) in [5.74, 6) is -1.04. The van der Waals surface area contributed by atoms with Gasteiger partial charge in [0.15, 0.2) is 10.1 Å². The summed E-state index contributed by atoms with van der Waals surface area (Å²) in [6, 6.07) is 15.3. The molecule has 3 N–H and O–H groups in total. The van der Waals surface area contributed by atoms with E-state index in [0.717, 1.165) is 10.0 Å². The molecular formula is C28H24BrFN6O2S2. The third kappa shape index (κ3) is 5.54. The number of nitrogens with zero attached hydrogens (tertiary/aromatic N) is 4. The van der Waals surface area contributed by atoms with Crippen LogP contribution in [0.4, 0.5) is 15.2 Å². The molecule has 40 heavy (non-hydrogen) atoms. The molecule has 0 spiro atoms. The summed E-state index contributed by atoms with van der Waals surface area (Å²) < 4.78 is 14.4. The van der Waals surface area contributed by atoms with E-state index in [1.54, 1.807) is 4.90 Å².